The Kier molecular flexibility index (Phi) is 2.66. The normalized spacial score (nSPS) is 9.60. The zero-order valence-corrected chi connectivity index (χ0v) is 8.57. The number of nitrogens with zero attached hydrogens (tertiary/aromatic N) is 2. The van der Waals surface area contributed by atoms with Gasteiger partial charge in [-0.1, -0.05) is 29.8 Å². The molecule has 2 aliphatic rings. The quantitative estimate of drug-likeness (QED) is 0.538. The highest BCUT2D eigenvalue weighted by Gasteiger charge is 2.06. The molecule has 0 fully saturated rings. The van der Waals surface area contributed by atoms with E-state index in [2.05, 4.69) is 40.4 Å². The summed E-state index contributed by atoms with van der Waals surface area (Å²) in [5.41, 5.74) is 3.35. The molecule has 0 unspecified atom stereocenters. The van der Waals surface area contributed by atoms with Gasteiger partial charge in [0.1, 0.15) is 5.69 Å². The van der Waals surface area contributed by atoms with Gasteiger partial charge in [0.15, 0.2) is 5.15 Å². The molecular formula is C12H7ClN2. The number of rotatable bonds is 0. The number of fused-ring (bicyclic) bond motifs is 1. The first-order chi connectivity index (χ1) is 7.29. The van der Waals surface area contributed by atoms with Crippen molar-refractivity contribution in [2.24, 2.45) is 0 Å². The van der Waals surface area contributed by atoms with Gasteiger partial charge in [0.2, 0.25) is 0 Å². The van der Waals surface area contributed by atoms with Gasteiger partial charge in [-0.2, -0.15) is 0 Å². The van der Waals surface area contributed by atoms with Gasteiger partial charge in [-0.05, 0) is 35.2 Å². The topological polar surface area (TPSA) is 25.8 Å². The Labute approximate surface area is 92.9 Å². The van der Waals surface area contributed by atoms with Crippen molar-refractivity contribution < 1.29 is 0 Å². The third kappa shape index (κ3) is 2.55. The van der Waals surface area contributed by atoms with Crippen LogP contribution in [0.2, 0.25) is 5.15 Å². The molecule has 72 valence electrons. The van der Waals surface area contributed by atoms with Crippen molar-refractivity contribution in [3.05, 3.63) is 47.2 Å². The second-order valence-corrected chi connectivity index (χ2v) is 3.35. The average molecular weight is 215 g/mol. The highest BCUT2D eigenvalue weighted by molar-refractivity contribution is 6.29. The SMILES string of the molecule is C#Cc1ccc(Cl)nn1.c1cc2cc-2c1. The molecular weight excluding hydrogens is 208 g/mol. The fourth-order valence-corrected chi connectivity index (χ4v) is 1.17. The molecule has 0 spiro atoms. The van der Waals surface area contributed by atoms with E-state index in [0.717, 1.165) is 0 Å². The van der Waals surface area contributed by atoms with E-state index in [0.29, 0.717) is 10.8 Å². The first-order valence-electron chi connectivity index (χ1n) is 4.36. The van der Waals surface area contributed by atoms with Crippen molar-refractivity contribution in [2.75, 3.05) is 0 Å². The summed E-state index contributed by atoms with van der Waals surface area (Å²) >= 11 is 5.43. The van der Waals surface area contributed by atoms with Crippen molar-refractivity contribution in [3.8, 4) is 23.5 Å². The van der Waals surface area contributed by atoms with E-state index in [-0.39, 0.29) is 0 Å². The lowest BCUT2D eigenvalue weighted by atomic mass is 10.4. The predicted molar refractivity (Wildman–Crippen MR) is 60.4 cm³/mol. The molecule has 2 nitrogen and oxygen atoms in total. The summed E-state index contributed by atoms with van der Waals surface area (Å²) in [7, 11) is 0. The Balaban J connectivity index is 0.000000121. The highest BCUT2D eigenvalue weighted by Crippen LogP contribution is 2.32. The molecule has 3 rings (SSSR count). The van der Waals surface area contributed by atoms with E-state index in [4.69, 9.17) is 18.0 Å². The van der Waals surface area contributed by atoms with Crippen LogP contribution in [0.1, 0.15) is 5.69 Å². The maximum atomic E-state index is 5.43. The van der Waals surface area contributed by atoms with Crippen LogP contribution in [0.25, 0.3) is 11.1 Å². The monoisotopic (exact) mass is 214 g/mol. The molecule has 0 amide bonds. The Morgan fingerprint density at radius 3 is 2.13 bits per heavy atom. The maximum Gasteiger partial charge on any atom is 0.151 e. The highest BCUT2D eigenvalue weighted by atomic mass is 35.5. The number of aromatic nitrogens is 2. The third-order valence-electron chi connectivity index (χ3n) is 1.89. The van der Waals surface area contributed by atoms with Crippen LogP contribution in [0.3, 0.4) is 0 Å². The molecule has 1 aromatic rings. The van der Waals surface area contributed by atoms with Gasteiger partial charge in [0.25, 0.3) is 0 Å². The van der Waals surface area contributed by atoms with Crippen LogP contribution in [0.5, 0.6) is 0 Å². The minimum atomic E-state index is 0.356. The lowest BCUT2D eigenvalue weighted by Gasteiger charge is -1.85. The molecule has 1 aromatic heterocycles. The largest absolute Gasteiger partial charge is 0.151 e. The van der Waals surface area contributed by atoms with Crippen LogP contribution in [0.15, 0.2) is 36.4 Å². The van der Waals surface area contributed by atoms with Crippen LogP contribution in [0.4, 0.5) is 0 Å². The summed E-state index contributed by atoms with van der Waals surface area (Å²) in [5.74, 6) is 2.32. The Hall–Kier alpha value is -1.85. The van der Waals surface area contributed by atoms with Crippen molar-refractivity contribution in [3.63, 3.8) is 0 Å². The van der Waals surface area contributed by atoms with Crippen LogP contribution >= 0.6 is 11.6 Å². The molecule has 0 atom stereocenters. The van der Waals surface area contributed by atoms with Crippen LogP contribution < -0.4 is 0 Å². The van der Waals surface area contributed by atoms with E-state index < -0.39 is 0 Å². The second kappa shape index (κ2) is 4.12. The fraction of sp³-hybridized carbons (Fsp3) is 0. The lowest BCUT2D eigenvalue weighted by molar-refractivity contribution is 1.01. The Morgan fingerprint density at radius 2 is 1.80 bits per heavy atom. The summed E-state index contributed by atoms with van der Waals surface area (Å²) in [6.45, 7) is 0. The summed E-state index contributed by atoms with van der Waals surface area (Å²) in [6.07, 6.45) is 5.00. The molecule has 15 heavy (non-hydrogen) atoms. The van der Waals surface area contributed by atoms with E-state index in [1.807, 2.05) is 0 Å². The fourth-order valence-electron chi connectivity index (χ4n) is 1.07. The van der Waals surface area contributed by atoms with Crippen LogP contribution in [-0.2, 0) is 0 Å². The number of hydrogen-bond acceptors (Lipinski definition) is 2. The molecule has 3 heteroatoms. The lowest BCUT2D eigenvalue weighted by Crippen LogP contribution is -1.84. The number of terminal acetylenes is 1. The van der Waals surface area contributed by atoms with E-state index in [1.54, 1.807) is 12.1 Å². The summed E-state index contributed by atoms with van der Waals surface area (Å²) in [5, 5.41) is 7.46. The molecule has 0 bridgehead atoms. The molecule has 0 saturated heterocycles. The van der Waals surface area contributed by atoms with E-state index in [1.165, 1.54) is 11.1 Å². The first-order valence-corrected chi connectivity index (χ1v) is 4.73. The van der Waals surface area contributed by atoms with Gasteiger partial charge in [-0.3, -0.25) is 0 Å². The first kappa shape index (κ1) is 9.70. The zero-order valence-electron chi connectivity index (χ0n) is 7.81. The molecule has 1 heterocycles. The summed E-state index contributed by atoms with van der Waals surface area (Å²) < 4.78 is 0. The van der Waals surface area contributed by atoms with Gasteiger partial charge < -0.3 is 0 Å². The molecule has 0 saturated carbocycles. The molecule has 2 aliphatic carbocycles. The van der Waals surface area contributed by atoms with Crippen molar-refractivity contribution in [1.82, 2.24) is 10.2 Å². The molecule has 0 N–H and O–H groups in total. The predicted octanol–water partition coefficient (Wildman–Crippen LogP) is 2.78. The number of benzene rings is 1. The average Bonchev–Trinajstić information content (AvgIpc) is 2.88. The van der Waals surface area contributed by atoms with Crippen molar-refractivity contribution >= 4 is 11.6 Å². The maximum absolute atomic E-state index is 5.43. The third-order valence-corrected chi connectivity index (χ3v) is 2.09. The van der Waals surface area contributed by atoms with Gasteiger partial charge in [-0.25, -0.2) is 0 Å². The number of halogens is 1. The van der Waals surface area contributed by atoms with Crippen LogP contribution in [0, 0.1) is 12.3 Å². The van der Waals surface area contributed by atoms with E-state index >= 15 is 0 Å². The van der Waals surface area contributed by atoms with Gasteiger partial charge in [0, 0.05) is 0 Å². The van der Waals surface area contributed by atoms with Crippen molar-refractivity contribution in [1.29, 1.82) is 0 Å². The van der Waals surface area contributed by atoms with Gasteiger partial charge in [0.05, 0.1) is 0 Å². The van der Waals surface area contributed by atoms with E-state index in [9.17, 15) is 0 Å². The minimum absolute atomic E-state index is 0.356. The molecule has 0 radical (unpaired) electrons. The molecule has 0 aliphatic heterocycles. The van der Waals surface area contributed by atoms with Crippen molar-refractivity contribution in [2.45, 2.75) is 0 Å². The summed E-state index contributed by atoms with van der Waals surface area (Å²) in [6, 6.07) is 11.7. The second-order valence-electron chi connectivity index (χ2n) is 2.97. The Morgan fingerprint density at radius 1 is 1.07 bits per heavy atom. The van der Waals surface area contributed by atoms with Crippen LogP contribution in [-0.4, -0.2) is 10.2 Å². The molecule has 0 aromatic carbocycles. The zero-order chi connectivity index (χ0) is 10.7. The van der Waals surface area contributed by atoms with Gasteiger partial charge in [-0.15, -0.1) is 16.6 Å². The summed E-state index contributed by atoms with van der Waals surface area (Å²) in [4.78, 5) is 0. The van der Waals surface area contributed by atoms with Gasteiger partial charge >= 0.3 is 0 Å². The minimum Gasteiger partial charge on any atom is -0.140 e. The number of hydrogen-bond donors (Lipinski definition) is 0. The Bertz CT molecular complexity index is 495. The standard InChI is InChI=1S/C6H3ClN2.C6H4/c1-2-5-3-4-6(7)9-8-5;1-2-5-4-6(5)3-1/h1,3-4H;1-4H. The smallest absolute Gasteiger partial charge is 0.140 e.